The summed E-state index contributed by atoms with van der Waals surface area (Å²) in [4.78, 5) is 15.8. The van der Waals surface area contributed by atoms with Gasteiger partial charge >= 0.3 is 5.97 Å². The lowest BCUT2D eigenvalue weighted by molar-refractivity contribution is -0.143. The van der Waals surface area contributed by atoms with Gasteiger partial charge in [0.2, 0.25) is 0 Å². The highest BCUT2D eigenvalue weighted by Crippen LogP contribution is 2.16. The molecule has 0 aromatic carbocycles. The van der Waals surface area contributed by atoms with Crippen molar-refractivity contribution in [1.29, 1.82) is 0 Å². The van der Waals surface area contributed by atoms with Crippen LogP contribution in [0.5, 0.6) is 0 Å². The summed E-state index contributed by atoms with van der Waals surface area (Å²) in [5.74, 6) is 0.651. The fourth-order valence-electron chi connectivity index (χ4n) is 1.48. The Kier molecular flexibility index (Phi) is 7.44. The number of pyridine rings is 1. The van der Waals surface area contributed by atoms with E-state index in [4.69, 9.17) is 4.74 Å². The van der Waals surface area contributed by atoms with Gasteiger partial charge in [0.15, 0.2) is 0 Å². The third-order valence-corrected chi connectivity index (χ3v) is 3.40. The number of carbonyl (C=O) groups excluding carboxylic acids is 1. The highest BCUT2D eigenvalue weighted by Gasteiger charge is 2.17. The molecule has 1 aromatic heterocycles. The molecule has 0 spiro atoms. The first-order valence-corrected chi connectivity index (χ1v) is 7.11. The predicted molar refractivity (Wildman–Crippen MR) is 73.7 cm³/mol. The maximum atomic E-state index is 11.6. The largest absolute Gasteiger partial charge is 0.468 e. The molecule has 0 saturated carbocycles. The average molecular weight is 268 g/mol. The molecule has 1 heterocycles. The van der Waals surface area contributed by atoms with E-state index < -0.39 is 0 Å². The topological polar surface area (TPSA) is 51.2 Å². The Bertz CT molecular complexity index is 346. The lowest BCUT2D eigenvalue weighted by Crippen LogP contribution is -2.38. The van der Waals surface area contributed by atoms with E-state index in [1.165, 1.54) is 7.11 Å². The van der Waals surface area contributed by atoms with Crippen LogP contribution in [-0.4, -0.2) is 36.4 Å². The Morgan fingerprint density at radius 2 is 2.39 bits per heavy atom. The van der Waals surface area contributed by atoms with E-state index in [1.54, 1.807) is 18.0 Å². The molecule has 1 aromatic rings. The van der Waals surface area contributed by atoms with Crippen LogP contribution in [0.1, 0.15) is 19.8 Å². The molecule has 0 aliphatic carbocycles. The van der Waals surface area contributed by atoms with E-state index in [-0.39, 0.29) is 12.0 Å². The molecule has 0 saturated heterocycles. The van der Waals surface area contributed by atoms with Crippen LogP contribution < -0.4 is 5.32 Å². The molecule has 0 aliphatic rings. The molecule has 4 nitrogen and oxygen atoms in total. The van der Waals surface area contributed by atoms with Crippen LogP contribution in [-0.2, 0) is 9.53 Å². The zero-order valence-electron chi connectivity index (χ0n) is 10.9. The van der Waals surface area contributed by atoms with E-state index >= 15 is 0 Å². The zero-order valence-corrected chi connectivity index (χ0v) is 11.7. The Labute approximate surface area is 113 Å². The number of thioether (sulfide) groups is 1. The van der Waals surface area contributed by atoms with Crippen molar-refractivity contribution < 1.29 is 9.53 Å². The number of aromatic nitrogens is 1. The van der Waals surface area contributed by atoms with E-state index in [9.17, 15) is 4.79 Å². The molecular formula is C13H20N2O2S. The minimum absolute atomic E-state index is 0.190. The van der Waals surface area contributed by atoms with Gasteiger partial charge in [0.25, 0.3) is 0 Å². The minimum atomic E-state index is -0.217. The van der Waals surface area contributed by atoms with Crippen molar-refractivity contribution in [3.8, 4) is 0 Å². The normalized spacial score (nSPS) is 12.1. The number of hydrogen-bond donors (Lipinski definition) is 1. The molecule has 0 radical (unpaired) electrons. The number of hydrogen-bond acceptors (Lipinski definition) is 5. The molecule has 1 N–H and O–H groups in total. The van der Waals surface area contributed by atoms with Gasteiger partial charge in [0.05, 0.1) is 12.1 Å². The monoisotopic (exact) mass is 268 g/mol. The fraction of sp³-hybridized carbons (Fsp3) is 0.538. The van der Waals surface area contributed by atoms with Gasteiger partial charge in [-0.05, 0) is 31.5 Å². The maximum Gasteiger partial charge on any atom is 0.322 e. The predicted octanol–water partition coefficient (Wildman–Crippen LogP) is 2.10. The summed E-state index contributed by atoms with van der Waals surface area (Å²) < 4.78 is 4.79. The zero-order chi connectivity index (χ0) is 13.2. The molecule has 1 rings (SSSR count). The summed E-state index contributed by atoms with van der Waals surface area (Å²) in [6, 6.07) is 5.61. The van der Waals surface area contributed by atoms with Gasteiger partial charge in [0.1, 0.15) is 6.04 Å². The van der Waals surface area contributed by atoms with Gasteiger partial charge in [-0.25, -0.2) is 4.98 Å². The van der Waals surface area contributed by atoms with Crippen LogP contribution >= 0.6 is 11.8 Å². The molecule has 0 fully saturated rings. The van der Waals surface area contributed by atoms with Crippen LogP contribution in [0.3, 0.4) is 0 Å². The summed E-state index contributed by atoms with van der Waals surface area (Å²) in [5, 5.41) is 4.18. The van der Waals surface area contributed by atoms with Crippen molar-refractivity contribution >= 4 is 17.7 Å². The van der Waals surface area contributed by atoms with Gasteiger partial charge in [-0.1, -0.05) is 13.0 Å². The molecule has 1 atom stereocenters. The second-order valence-electron chi connectivity index (χ2n) is 3.83. The van der Waals surface area contributed by atoms with E-state index in [0.717, 1.165) is 30.2 Å². The molecular weight excluding hydrogens is 248 g/mol. The molecule has 18 heavy (non-hydrogen) atoms. The van der Waals surface area contributed by atoms with Crippen molar-refractivity contribution in [3.63, 3.8) is 0 Å². The summed E-state index contributed by atoms with van der Waals surface area (Å²) in [5.41, 5.74) is 0. The molecule has 0 bridgehead atoms. The van der Waals surface area contributed by atoms with Gasteiger partial charge < -0.3 is 10.1 Å². The molecule has 1 unspecified atom stereocenters. The quantitative estimate of drug-likeness (QED) is 0.578. The van der Waals surface area contributed by atoms with Crippen molar-refractivity contribution in [2.45, 2.75) is 30.8 Å². The Hall–Kier alpha value is -1.07. The minimum Gasteiger partial charge on any atom is -0.468 e. The SMILES string of the molecule is CCCNC(CCSc1ccccn1)C(=O)OC. The first-order valence-electron chi connectivity index (χ1n) is 6.13. The Balaban J connectivity index is 2.35. The first kappa shape index (κ1) is 15.0. The number of methoxy groups -OCH3 is 1. The Morgan fingerprint density at radius 3 is 3.00 bits per heavy atom. The second kappa shape index (κ2) is 8.94. The van der Waals surface area contributed by atoms with E-state index in [1.807, 2.05) is 18.2 Å². The standard InChI is InChI=1S/C13H20N2O2S/c1-3-8-14-11(13(16)17-2)7-10-18-12-6-4-5-9-15-12/h4-6,9,11,14H,3,7-8,10H2,1-2H3. The third kappa shape index (κ3) is 5.51. The van der Waals surface area contributed by atoms with Crippen LogP contribution in [0, 0.1) is 0 Å². The number of nitrogens with one attached hydrogen (secondary N) is 1. The number of carbonyl (C=O) groups is 1. The third-order valence-electron chi connectivity index (χ3n) is 2.42. The van der Waals surface area contributed by atoms with Crippen LogP contribution in [0.2, 0.25) is 0 Å². The van der Waals surface area contributed by atoms with Crippen molar-refractivity contribution in [1.82, 2.24) is 10.3 Å². The number of rotatable bonds is 8. The lowest BCUT2D eigenvalue weighted by atomic mass is 10.2. The smallest absolute Gasteiger partial charge is 0.322 e. The second-order valence-corrected chi connectivity index (χ2v) is 4.95. The maximum absolute atomic E-state index is 11.6. The van der Waals surface area contributed by atoms with Gasteiger partial charge in [-0.15, -0.1) is 11.8 Å². The molecule has 0 amide bonds. The Morgan fingerprint density at radius 1 is 1.56 bits per heavy atom. The number of ether oxygens (including phenoxy) is 1. The first-order chi connectivity index (χ1) is 8.77. The highest BCUT2D eigenvalue weighted by molar-refractivity contribution is 7.99. The van der Waals surface area contributed by atoms with Crippen molar-refractivity contribution in [3.05, 3.63) is 24.4 Å². The lowest BCUT2D eigenvalue weighted by Gasteiger charge is -2.15. The van der Waals surface area contributed by atoms with Gasteiger partial charge in [-0.3, -0.25) is 4.79 Å². The molecule has 100 valence electrons. The van der Waals surface area contributed by atoms with Crippen molar-refractivity contribution in [2.75, 3.05) is 19.4 Å². The van der Waals surface area contributed by atoms with Gasteiger partial charge in [0, 0.05) is 11.9 Å². The van der Waals surface area contributed by atoms with Crippen LogP contribution in [0.15, 0.2) is 29.4 Å². The average Bonchev–Trinajstić information content (AvgIpc) is 2.43. The van der Waals surface area contributed by atoms with E-state index in [2.05, 4.69) is 17.2 Å². The fourth-order valence-corrected chi connectivity index (χ4v) is 2.35. The summed E-state index contributed by atoms with van der Waals surface area (Å²) in [7, 11) is 1.43. The number of esters is 1. The summed E-state index contributed by atoms with van der Waals surface area (Å²) in [6.07, 6.45) is 3.52. The van der Waals surface area contributed by atoms with Crippen LogP contribution in [0.25, 0.3) is 0 Å². The summed E-state index contributed by atoms with van der Waals surface area (Å²) >= 11 is 1.65. The van der Waals surface area contributed by atoms with Crippen LogP contribution in [0.4, 0.5) is 0 Å². The van der Waals surface area contributed by atoms with E-state index in [0.29, 0.717) is 0 Å². The number of nitrogens with zero attached hydrogens (tertiary/aromatic N) is 1. The van der Waals surface area contributed by atoms with Gasteiger partial charge in [-0.2, -0.15) is 0 Å². The summed E-state index contributed by atoms with van der Waals surface area (Å²) in [6.45, 7) is 2.90. The highest BCUT2D eigenvalue weighted by atomic mass is 32.2. The molecule has 0 aliphatic heterocycles. The van der Waals surface area contributed by atoms with Crippen molar-refractivity contribution in [2.24, 2.45) is 0 Å². The molecule has 5 heteroatoms.